The highest BCUT2D eigenvalue weighted by molar-refractivity contribution is 7.98. The van der Waals surface area contributed by atoms with Crippen LogP contribution in [-0.2, 0) is 12.8 Å². The third-order valence-corrected chi connectivity index (χ3v) is 5.18. The van der Waals surface area contributed by atoms with Crippen LogP contribution in [-0.4, -0.2) is 54.7 Å². The minimum absolute atomic E-state index is 0.172. The van der Waals surface area contributed by atoms with Crippen molar-refractivity contribution in [2.75, 3.05) is 50.9 Å². The Kier molecular flexibility index (Phi) is 8.44. The Morgan fingerprint density at radius 2 is 2.11 bits per heavy atom. The molecule has 2 aromatic heterocycles. The van der Waals surface area contributed by atoms with Crippen LogP contribution in [0, 0.1) is 12.0 Å². The first kappa shape index (κ1) is 21.9. The minimum atomic E-state index is -0.227. The Morgan fingerprint density at radius 1 is 1.39 bits per heavy atom. The van der Waals surface area contributed by atoms with Crippen LogP contribution in [0.15, 0.2) is 32.8 Å². The van der Waals surface area contributed by atoms with Crippen molar-refractivity contribution in [1.29, 1.82) is 0 Å². The number of rotatable bonds is 4. The third-order valence-electron chi connectivity index (χ3n) is 4.13. The summed E-state index contributed by atoms with van der Waals surface area (Å²) in [6.45, 7) is 6.44. The SMILES string of the molecule is CC#CN(C)c1c(N)nc(SCc2ccco2)n(C)c1=O.CN1CCNCC1. The van der Waals surface area contributed by atoms with Gasteiger partial charge in [-0.05, 0) is 26.1 Å². The van der Waals surface area contributed by atoms with E-state index in [9.17, 15) is 4.79 Å². The lowest BCUT2D eigenvalue weighted by atomic mass is 10.4. The smallest absolute Gasteiger partial charge is 0.280 e. The Labute approximate surface area is 170 Å². The standard InChI is InChI=1S/C14H16N4O2S.C5H12N2/c1-4-7-17(2)11-12(15)16-14(18(3)13(11)19)21-9-10-6-5-8-20-10;1-7-4-2-6-3-5-7/h5-6,8H,9,15H2,1-3H3;6H,2-5H2,1H3. The van der Waals surface area contributed by atoms with E-state index >= 15 is 0 Å². The summed E-state index contributed by atoms with van der Waals surface area (Å²) in [4.78, 5) is 20.5. The molecule has 0 radical (unpaired) electrons. The summed E-state index contributed by atoms with van der Waals surface area (Å²) >= 11 is 1.39. The lowest BCUT2D eigenvalue weighted by Crippen LogP contribution is -2.40. The summed E-state index contributed by atoms with van der Waals surface area (Å²) in [7, 11) is 5.50. The van der Waals surface area contributed by atoms with Gasteiger partial charge in [0.25, 0.3) is 5.56 Å². The monoisotopic (exact) mass is 404 g/mol. The zero-order valence-electron chi connectivity index (χ0n) is 16.9. The maximum atomic E-state index is 12.4. The van der Waals surface area contributed by atoms with E-state index in [0.717, 1.165) is 18.8 Å². The highest BCUT2D eigenvalue weighted by Gasteiger charge is 2.16. The van der Waals surface area contributed by atoms with Gasteiger partial charge in [-0.2, -0.15) is 0 Å². The quantitative estimate of drug-likeness (QED) is 0.340. The number of anilines is 2. The zero-order chi connectivity index (χ0) is 20.5. The number of piperazine rings is 1. The molecule has 1 saturated heterocycles. The molecule has 0 aromatic carbocycles. The molecule has 0 unspecified atom stereocenters. The molecule has 0 atom stereocenters. The van der Waals surface area contributed by atoms with Gasteiger partial charge >= 0.3 is 0 Å². The van der Waals surface area contributed by atoms with Crippen molar-refractivity contribution in [1.82, 2.24) is 19.8 Å². The van der Waals surface area contributed by atoms with E-state index in [4.69, 9.17) is 10.2 Å². The predicted octanol–water partition coefficient (Wildman–Crippen LogP) is 1.19. The molecule has 3 rings (SSSR count). The fraction of sp³-hybridized carbons (Fsp3) is 0.474. The van der Waals surface area contributed by atoms with Crippen LogP contribution in [0.3, 0.4) is 0 Å². The van der Waals surface area contributed by atoms with E-state index < -0.39 is 0 Å². The van der Waals surface area contributed by atoms with Gasteiger partial charge in [-0.3, -0.25) is 14.3 Å². The second kappa shape index (κ2) is 10.8. The van der Waals surface area contributed by atoms with Gasteiger partial charge in [-0.1, -0.05) is 17.7 Å². The largest absolute Gasteiger partial charge is 0.468 e. The van der Waals surface area contributed by atoms with Gasteiger partial charge in [0.15, 0.2) is 16.7 Å². The number of nitrogen functional groups attached to an aromatic ring is 1. The van der Waals surface area contributed by atoms with Gasteiger partial charge in [0, 0.05) is 46.3 Å². The van der Waals surface area contributed by atoms with Crippen molar-refractivity contribution < 1.29 is 4.42 Å². The van der Waals surface area contributed by atoms with Crippen molar-refractivity contribution in [2.24, 2.45) is 7.05 Å². The molecule has 1 aliphatic heterocycles. The number of nitrogens with one attached hydrogen (secondary N) is 1. The summed E-state index contributed by atoms with van der Waals surface area (Å²) < 4.78 is 6.72. The van der Waals surface area contributed by atoms with E-state index in [1.54, 1.807) is 27.3 Å². The second-order valence-electron chi connectivity index (χ2n) is 6.33. The number of aromatic nitrogens is 2. The molecule has 152 valence electrons. The Balaban J connectivity index is 0.000000336. The summed E-state index contributed by atoms with van der Waals surface area (Å²) in [6.07, 6.45) is 1.61. The Hall–Kier alpha value is -2.41. The molecular formula is C19H28N6O2S. The average Bonchev–Trinajstić information content (AvgIpc) is 3.18. The van der Waals surface area contributed by atoms with Gasteiger partial charge in [-0.15, -0.1) is 0 Å². The van der Waals surface area contributed by atoms with E-state index in [1.807, 2.05) is 12.1 Å². The van der Waals surface area contributed by atoms with Crippen LogP contribution in [0.1, 0.15) is 12.7 Å². The summed E-state index contributed by atoms with van der Waals surface area (Å²) in [5, 5.41) is 3.81. The maximum Gasteiger partial charge on any atom is 0.280 e. The van der Waals surface area contributed by atoms with Crippen LogP contribution >= 0.6 is 11.8 Å². The zero-order valence-corrected chi connectivity index (χ0v) is 17.7. The average molecular weight is 405 g/mol. The van der Waals surface area contributed by atoms with Crippen LogP contribution in [0.25, 0.3) is 0 Å². The number of furan rings is 1. The molecular weight excluding hydrogens is 376 g/mol. The molecule has 1 aliphatic rings. The fourth-order valence-electron chi connectivity index (χ4n) is 2.56. The van der Waals surface area contributed by atoms with Crippen molar-refractivity contribution in [3.05, 3.63) is 34.5 Å². The molecule has 3 N–H and O–H groups in total. The lowest BCUT2D eigenvalue weighted by Gasteiger charge is -2.21. The normalized spacial score (nSPS) is 13.9. The number of hydrogen-bond donors (Lipinski definition) is 2. The predicted molar refractivity (Wildman–Crippen MR) is 114 cm³/mol. The summed E-state index contributed by atoms with van der Waals surface area (Å²) in [5.41, 5.74) is 5.96. The molecule has 3 heterocycles. The minimum Gasteiger partial charge on any atom is -0.468 e. The van der Waals surface area contributed by atoms with E-state index in [2.05, 4.69) is 34.2 Å². The lowest BCUT2D eigenvalue weighted by molar-refractivity contribution is 0.291. The van der Waals surface area contributed by atoms with Gasteiger partial charge in [-0.25, -0.2) is 4.98 Å². The molecule has 0 spiro atoms. The van der Waals surface area contributed by atoms with E-state index in [-0.39, 0.29) is 17.1 Å². The van der Waals surface area contributed by atoms with Gasteiger partial charge in [0.2, 0.25) is 0 Å². The Morgan fingerprint density at radius 3 is 2.64 bits per heavy atom. The van der Waals surface area contributed by atoms with Crippen molar-refractivity contribution in [2.45, 2.75) is 17.8 Å². The van der Waals surface area contributed by atoms with Gasteiger partial charge in [0.1, 0.15) is 5.76 Å². The number of hydrogen-bond acceptors (Lipinski definition) is 8. The first-order chi connectivity index (χ1) is 13.4. The number of thioether (sulfide) groups is 1. The molecule has 0 amide bonds. The second-order valence-corrected chi connectivity index (χ2v) is 7.28. The van der Waals surface area contributed by atoms with Crippen LogP contribution in [0.2, 0.25) is 0 Å². The molecule has 28 heavy (non-hydrogen) atoms. The highest BCUT2D eigenvalue weighted by Crippen LogP contribution is 2.23. The fourth-order valence-corrected chi connectivity index (χ4v) is 3.44. The van der Waals surface area contributed by atoms with E-state index in [0.29, 0.717) is 10.9 Å². The maximum absolute atomic E-state index is 12.4. The van der Waals surface area contributed by atoms with Crippen LogP contribution in [0.5, 0.6) is 0 Å². The van der Waals surface area contributed by atoms with Crippen molar-refractivity contribution >= 4 is 23.3 Å². The number of nitrogens with zero attached hydrogens (tertiary/aromatic N) is 4. The number of nitrogens with two attached hydrogens (primary N) is 1. The summed E-state index contributed by atoms with van der Waals surface area (Å²) in [6, 6.07) is 6.46. The van der Waals surface area contributed by atoms with Gasteiger partial charge < -0.3 is 20.4 Å². The molecule has 8 nitrogen and oxygen atoms in total. The van der Waals surface area contributed by atoms with E-state index in [1.165, 1.54) is 34.3 Å². The highest BCUT2D eigenvalue weighted by atomic mass is 32.2. The molecule has 1 fully saturated rings. The van der Waals surface area contributed by atoms with Crippen LogP contribution < -0.4 is 21.5 Å². The molecule has 9 heteroatoms. The summed E-state index contributed by atoms with van der Waals surface area (Å²) in [5.74, 6) is 4.29. The molecule has 0 aliphatic carbocycles. The Bertz CT molecular complexity index is 863. The van der Waals surface area contributed by atoms with Crippen molar-refractivity contribution in [3.63, 3.8) is 0 Å². The van der Waals surface area contributed by atoms with Crippen LogP contribution in [0.4, 0.5) is 11.5 Å². The first-order valence-corrected chi connectivity index (χ1v) is 9.99. The topological polar surface area (TPSA) is 92.6 Å². The van der Waals surface area contributed by atoms with Crippen molar-refractivity contribution in [3.8, 4) is 12.0 Å². The first-order valence-electron chi connectivity index (χ1n) is 9.01. The molecule has 0 bridgehead atoms. The molecule has 0 saturated carbocycles. The van der Waals surface area contributed by atoms with Gasteiger partial charge in [0.05, 0.1) is 12.0 Å². The number of likely N-dealkylation sites (N-methyl/N-ethyl adjacent to an activating group) is 1. The third kappa shape index (κ3) is 6.05. The molecule has 2 aromatic rings.